The minimum Gasteiger partial charge on any atom is -0.352 e. The standard InChI is InChI=1S/C16H19N5O2/c1-3-14(22)17-9-12-10-20(15-4-6-18-21(15)11-12)13-5-7-19(2)16(23)8-13/h3-8,12H,1,9-11H2,2H3,(H,17,22)/t12-/m1/s1. The molecular formula is C16H19N5O2. The maximum atomic E-state index is 11.9. The summed E-state index contributed by atoms with van der Waals surface area (Å²) in [6.45, 7) is 5.42. The second-order valence-corrected chi connectivity index (χ2v) is 5.63. The molecule has 1 aliphatic rings. The predicted molar refractivity (Wildman–Crippen MR) is 87.6 cm³/mol. The third-order valence-electron chi connectivity index (χ3n) is 3.99. The zero-order valence-electron chi connectivity index (χ0n) is 13.0. The van der Waals surface area contributed by atoms with Crippen molar-refractivity contribution in [1.29, 1.82) is 0 Å². The Morgan fingerprint density at radius 3 is 3.04 bits per heavy atom. The third-order valence-corrected chi connectivity index (χ3v) is 3.99. The summed E-state index contributed by atoms with van der Waals surface area (Å²) < 4.78 is 3.43. The van der Waals surface area contributed by atoms with Gasteiger partial charge in [0.05, 0.1) is 6.20 Å². The highest BCUT2D eigenvalue weighted by Gasteiger charge is 2.26. The van der Waals surface area contributed by atoms with Crippen LogP contribution in [0.1, 0.15) is 0 Å². The van der Waals surface area contributed by atoms with Crippen molar-refractivity contribution in [3.05, 3.63) is 53.6 Å². The molecule has 0 radical (unpaired) electrons. The smallest absolute Gasteiger partial charge is 0.252 e. The van der Waals surface area contributed by atoms with Crippen molar-refractivity contribution >= 4 is 17.4 Å². The highest BCUT2D eigenvalue weighted by atomic mass is 16.1. The first-order valence-corrected chi connectivity index (χ1v) is 7.45. The second kappa shape index (κ2) is 6.12. The van der Waals surface area contributed by atoms with Crippen LogP contribution in [0.3, 0.4) is 0 Å². The van der Waals surface area contributed by atoms with E-state index in [2.05, 4.69) is 21.9 Å². The van der Waals surface area contributed by atoms with Crippen LogP contribution in [0.5, 0.6) is 0 Å². The van der Waals surface area contributed by atoms with E-state index in [4.69, 9.17) is 0 Å². The highest BCUT2D eigenvalue weighted by molar-refractivity contribution is 5.86. The van der Waals surface area contributed by atoms with E-state index in [9.17, 15) is 9.59 Å². The maximum Gasteiger partial charge on any atom is 0.252 e. The largest absolute Gasteiger partial charge is 0.352 e. The molecule has 0 spiro atoms. The summed E-state index contributed by atoms with van der Waals surface area (Å²) >= 11 is 0. The van der Waals surface area contributed by atoms with Gasteiger partial charge in [0.1, 0.15) is 5.82 Å². The minimum atomic E-state index is -0.184. The van der Waals surface area contributed by atoms with Gasteiger partial charge in [-0.05, 0) is 12.1 Å². The van der Waals surface area contributed by atoms with Crippen molar-refractivity contribution in [1.82, 2.24) is 19.7 Å². The highest BCUT2D eigenvalue weighted by Crippen LogP contribution is 2.29. The van der Waals surface area contributed by atoms with Crippen LogP contribution in [0, 0.1) is 5.92 Å². The van der Waals surface area contributed by atoms with Crippen molar-refractivity contribution in [2.75, 3.05) is 18.0 Å². The van der Waals surface area contributed by atoms with Gasteiger partial charge in [-0.3, -0.25) is 9.59 Å². The van der Waals surface area contributed by atoms with Crippen LogP contribution in [0.2, 0.25) is 0 Å². The molecule has 120 valence electrons. The van der Waals surface area contributed by atoms with E-state index >= 15 is 0 Å². The number of anilines is 2. The van der Waals surface area contributed by atoms with E-state index in [1.807, 2.05) is 16.8 Å². The molecule has 1 amide bonds. The monoisotopic (exact) mass is 313 g/mol. The average molecular weight is 313 g/mol. The number of nitrogens with zero attached hydrogens (tertiary/aromatic N) is 4. The number of carbonyl (C=O) groups is 1. The Bertz CT molecular complexity index is 792. The average Bonchev–Trinajstić information content (AvgIpc) is 3.02. The summed E-state index contributed by atoms with van der Waals surface area (Å²) in [6, 6.07) is 5.45. The molecule has 3 rings (SSSR count). The van der Waals surface area contributed by atoms with Crippen molar-refractivity contribution in [3.63, 3.8) is 0 Å². The van der Waals surface area contributed by atoms with E-state index in [1.54, 1.807) is 25.5 Å². The predicted octanol–water partition coefficient (Wildman–Crippen LogP) is 0.652. The Morgan fingerprint density at radius 2 is 2.30 bits per heavy atom. The van der Waals surface area contributed by atoms with E-state index < -0.39 is 0 Å². The quantitative estimate of drug-likeness (QED) is 0.841. The van der Waals surface area contributed by atoms with E-state index in [0.717, 1.165) is 18.1 Å². The molecular weight excluding hydrogens is 294 g/mol. The number of hydrogen-bond donors (Lipinski definition) is 1. The zero-order valence-corrected chi connectivity index (χ0v) is 13.0. The Balaban J connectivity index is 1.87. The van der Waals surface area contributed by atoms with Gasteiger partial charge in [-0.2, -0.15) is 5.10 Å². The first kappa shape index (κ1) is 15.1. The fourth-order valence-electron chi connectivity index (χ4n) is 2.74. The minimum absolute atomic E-state index is 0.0596. The number of nitrogens with one attached hydrogen (secondary N) is 1. The van der Waals surface area contributed by atoms with Crippen molar-refractivity contribution < 1.29 is 4.79 Å². The molecule has 0 fully saturated rings. The lowest BCUT2D eigenvalue weighted by molar-refractivity contribution is -0.116. The molecule has 23 heavy (non-hydrogen) atoms. The lowest BCUT2D eigenvalue weighted by Crippen LogP contribution is -2.41. The van der Waals surface area contributed by atoms with Gasteiger partial charge >= 0.3 is 0 Å². The first-order valence-electron chi connectivity index (χ1n) is 7.45. The molecule has 2 aromatic heterocycles. The molecule has 0 unspecified atom stereocenters. The Morgan fingerprint density at radius 1 is 1.48 bits per heavy atom. The number of carbonyl (C=O) groups excluding carboxylic acids is 1. The summed E-state index contributed by atoms with van der Waals surface area (Å²) in [5.41, 5.74) is 0.769. The van der Waals surface area contributed by atoms with Gasteiger partial charge < -0.3 is 14.8 Å². The van der Waals surface area contributed by atoms with Crippen LogP contribution in [0.4, 0.5) is 11.5 Å². The fraction of sp³-hybridized carbons (Fsp3) is 0.312. The number of fused-ring (bicyclic) bond motifs is 1. The Hall–Kier alpha value is -2.83. The molecule has 1 atom stereocenters. The summed E-state index contributed by atoms with van der Waals surface area (Å²) in [7, 11) is 1.72. The molecule has 2 aromatic rings. The first-order chi connectivity index (χ1) is 11.1. The van der Waals surface area contributed by atoms with Gasteiger partial charge in [0, 0.05) is 56.6 Å². The van der Waals surface area contributed by atoms with E-state index in [0.29, 0.717) is 13.1 Å². The molecule has 7 nitrogen and oxygen atoms in total. The summed E-state index contributed by atoms with van der Waals surface area (Å²) in [4.78, 5) is 25.3. The fourth-order valence-corrected chi connectivity index (χ4v) is 2.74. The van der Waals surface area contributed by atoms with Gasteiger partial charge in [0.2, 0.25) is 5.91 Å². The normalized spacial score (nSPS) is 16.7. The summed E-state index contributed by atoms with van der Waals surface area (Å²) in [5.74, 6) is 0.955. The van der Waals surface area contributed by atoms with Crippen LogP contribution < -0.4 is 15.8 Å². The van der Waals surface area contributed by atoms with Gasteiger partial charge in [0.25, 0.3) is 5.56 Å². The summed E-state index contributed by atoms with van der Waals surface area (Å²) in [6.07, 6.45) is 4.76. The van der Waals surface area contributed by atoms with Crippen LogP contribution >= 0.6 is 0 Å². The molecule has 1 N–H and O–H groups in total. The number of aromatic nitrogens is 3. The molecule has 1 aliphatic heterocycles. The van der Waals surface area contributed by atoms with Crippen LogP contribution in [0.15, 0.2) is 48.0 Å². The van der Waals surface area contributed by atoms with Crippen molar-refractivity contribution in [2.45, 2.75) is 6.54 Å². The zero-order chi connectivity index (χ0) is 16.4. The molecule has 0 bridgehead atoms. The number of hydrogen-bond acceptors (Lipinski definition) is 4. The Labute approximate surface area is 133 Å². The lowest BCUT2D eigenvalue weighted by atomic mass is 10.1. The van der Waals surface area contributed by atoms with E-state index in [1.165, 1.54) is 10.6 Å². The second-order valence-electron chi connectivity index (χ2n) is 5.63. The van der Waals surface area contributed by atoms with Gasteiger partial charge in [-0.25, -0.2) is 4.68 Å². The molecule has 3 heterocycles. The molecule has 7 heteroatoms. The topological polar surface area (TPSA) is 72.2 Å². The number of amides is 1. The van der Waals surface area contributed by atoms with Crippen LogP contribution in [-0.2, 0) is 18.4 Å². The van der Waals surface area contributed by atoms with Crippen LogP contribution in [0.25, 0.3) is 0 Å². The molecule has 0 saturated carbocycles. The number of aryl methyl sites for hydroxylation is 1. The SMILES string of the molecule is C=CC(=O)NC[C@@H]1CN(c2ccn(C)c(=O)c2)c2ccnn2C1. The van der Waals surface area contributed by atoms with Gasteiger partial charge in [0.15, 0.2) is 0 Å². The molecule has 0 aromatic carbocycles. The lowest BCUT2D eigenvalue weighted by Gasteiger charge is -2.34. The van der Waals surface area contributed by atoms with Gasteiger partial charge in [-0.1, -0.05) is 6.58 Å². The van der Waals surface area contributed by atoms with Crippen LogP contribution in [-0.4, -0.2) is 33.3 Å². The van der Waals surface area contributed by atoms with Crippen molar-refractivity contribution in [2.24, 2.45) is 13.0 Å². The molecule has 0 aliphatic carbocycles. The maximum absolute atomic E-state index is 11.9. The van der Waals surface area contributed by atoms with Crippen molar-refractivity contribution in [3.8, 4) is 0 Å². The third kappa shape index (κ3) is 3.03. The Kier molecular flexibility index (Phi) is 4.01. The number of rotatable bonds is 4. The summed E-state index contributed by atoms with van der Waals surface area (Å²) in [5, 5.41) is 7.16. The number of pyridine rings is 1. The van der Waals surface area contributed by atoms with E-state index in [-0.39, 0.29) is 17.4 Å². The van der Waals surface area contributed by atoms with Gasteiger partial charge in [-0.15, -0.1) is 0 Å². The molecule has 0 saturated heterocycles.